The molecule has 0 aliphatic carbocycles. The number of hydrogen-bond donors (Lipinski definition) is 0. The molecule has 0 bridgehead atoms. The van der Waals surface area contributed by atoms with Crippen molar-refractivity contribution < 1.29 is 9.26 Å². The average Bonchev–Trinajstić information content (AvgIpc) is 3.46. The summed E-state index contributed by atoms with van der Waals surface area (Å²) in [4.78, 5) is 16.8. The Morgan fingerprint density at radius 2 is 2.03 bits per heavy atom. The zero-order valence-electron chi connectivity index (χ0n) is 19.4. The normalized spacial score (nSPS) is 16.8. The van der Waals surface area contributed by atoms with Gasteiger partial charge in [-0.15, -0.1) is 0 Å². The minimum atomic E-state index is 0.0506. The Morgan fingerprint density at radius 1 is 1.24 bits per heavy atom. The predicted molar refractivity (Wildman–Crippen MR) is 130 cm³/mol. The molecule has 3 aromatic heterocycles. The van der Waals surface area contributed by atoms with E-state index in [2.05, 4.69) is 57.6 Å². The summed E-state index contributed by atoms with van der Waals surface area (Å²) in [7, 11) is 1.62. The van der Waals surface area contributed by atoms with Crippen molar-refractivity contribution in [3.63, 3.8) is 0 Å². The molecule has 4 rings (SSSR count). The summed E-state index contributed by atoms with van der Waals surface area (Å²) < 4.78 is 11.7. The highest BCUT2D eigenvalue weighted by Crippen LogP contribution is 2.32. The van der Waals surface area contributed by atoms with Crippen LogP contribution in [0.3, 0.4) is 0 Å². The molecule has 1 atom stereocenters. The van der Waals surface area contributed by atoms with Gasteiger partial charge in [0, 0.05) is 31.6 Å². The standard InChI is InChI=1S/C23H29N7O2S/c1-6-16(13-25-24-5)18-7-8-19-21(26-18)33-23(27-19)31-15(4)17-9-11-30(12-10-17)22-28-20(14(2)3)29-32-22/h6-8,13-15,17H,1,9-12H2,2-5H3/b16-13+,25-24?. The van der Waals surface area contributed by atoms with Gasteiger partial charge in [0.05, 0.1) is 11.9 Å². The van der Waals surface area contributed by atoms with Crippen LogP contribution in [0.1, 0.15) is 51.0 Å². The molecule has 9 nitrogen and oxygen atoms in total. The molecule has 0 N–H and O–H groups in total. The minimum absolute atomic E-state index is 0.0506. The number of anilines is 1. The molecule has 0 amide bonds. The molecule has 10 heteroatoms. The third-order valence-corrected chi connectivity index (χ3v) is 6.63. The van der Waals surface area contributed by atoms with Crippen molar-refractivity contribution in [2.45, 2.75) is 45.6 Å². The van der Waals surface area contributed by atoms with E-state index in [1.54, 1.807) is 19.3 Å². The van der Waals surface area contributed by atoms with Crippen LogP contribution in [0.2, 0.25) is 0 Å². The maximum Gasteiger partial charge on any atom is 0.324 e. The first-order valence-corrected chi connectivity index (χ1v) is 11.9. The molecule has 1 fully saturated rings. The highest BCUT2D eigenvalue weighted by atomic mass is 32.1. The van der Waals surface area contributed by atoms with Crippen molar-refractivity contribution in [2.75, 3.05) is 25.0 Å². The zero-order valence-corrected chi connectivity index (χ0v) is 20.2. The Morgan fingerprint density at radius 3 is 2.70 bits per heavy atom. The molecule has 4 heterocycles. The molecule has 3 aromatic rings. The van der Waals surface area contributed by atoms with E-state index in [9.17, 15) is 0 Å². The fourth-order valence-electron chi connectivity index (χ4n) is 3.76. The molecule has 1 unspecified atom stereocenters. The maximum atomic E-state index is 6.24. The molecule has 1 saturated heterocycles. The third kappa shape index (κ3) is 5.27. The molecule has 1 aliphatic heterocycles. The molecule has 0 aromatic carbocycles. The molecule has 0 saturated carbocycles. The molecule has 0 radical (unpaired) electrons. The number of allylic oxidation sites excluding steroid dienone is 2. The predicted octanol–water partition coefficient (Wildman–Crippen LogP) is 5.49. The lowest BCUT2D eigenvalue weighted by Crippen LogP contribution is -2.38. The van der Waals surface area contributed by atoms with Gasteiger partial charge >= 0.3 is 6.01 Å². The van der Waals surface area contributed by atoms with Gasteiger partial charge in [0.1, 0.15) is 16.5 Å². The van der Waals surface area contributed by atoms with Crippen LogP contribution < -0.4 is 9.64 Å². The Hall–Kier alpha value is -3.14. The first kappa shape index (κ1) is 23.0. The van der Waals surface area contributed by atoms with Crippen LogP contribution in [-0.2, 0) is 0 Å². The second-order valence-electron chi connectivity index (χ2n) is 8.34. The fourth-order valence-corrected chi connectivity index (χ4v) is 4.63. The van der Waals surface area contributed by atoms with Gasteiger partial charge in [0.25, 0.3) is 5.19 Å². The summed E-state index contributed by atoms with van der Waals surface area (Å²) >= 11 is 1.45. The number of thiazole rings is 1. The van der Waals surface area contributed by atoms with Crippen molar-refractivity contribution in [3.05, 3.63) is 42.5 Å². The first-order valence-electron chi connectivity index (χ1n) is 11.1. The van der Waals surface area contributed by atoms with E-state index < -0.39 is 0 Å². The minimum Gasteiger partial charge on any atom is -0.467 e. The van der Waals surface area contributed by atoms with E-state index >= 15 is 0 Å². The van der Waals surface area contributed by atoms with E-state index in [0.29, 0.717) is 17.1 Å². The first-order chi connectivity index (χ1) is 16.0. The zero-order chi connectivity index (χ0) is 23.4. The van der Waals surface area contributed by atoms with E-state index in [-0.39, 0.29) is 12.0 Å². The number of azo groups is 1. The number of pyridine rings is 1. The van der Waals surface area contributed by atoms with Gasteiger partial charge in [0.2, 0.25) is 0 Å². The number of rotatable bonds is 8. The van der Waals surface area contributed by atoms with Gasteiger partial charge in [-0.1, -0.05) is 43.0 Å². The van der Waals surface area contributed by atoms with Gasteiger partial charge in [-0.3, -0.25) is 0 Å². The Bertz CT molecular complexity index is 1160. The van der Waals surface area contributed by atoms with Crippen LogP contribution in [0, 0.1) is 5.92 Å². The topological polar surface area (TPSA) is 102 Å². The summed E-state index contributed by atoms with van der Waals surface area (Å²) in [6, 6.07) is 4.47. The van der Waals surface area contributed by atoms with Crippen molar-refractivity contribution in [3.8, 4) is 5.19 Å². The van der Waals surface area contributed by atoms with Crippen LogP contribution in [-0.4, -0.2) is 46.3 Å². The lowest BCUT2D eigenvalue weighted by Gasteiger charge is -2.33. The van der Waals surface area contributed by atoms with Crippen LogP contribution >= 0.6 is 11.3 Å². The van der Waals surface area contributed by atoms with Crippen LogP contribution in [0.25, 0.3) is 15.9 Å². The summed E-state index contributed by atoms with van der Waals surface area (Å²) in [6.45, 7) is 11.8. The quantitative estimate of drug-likeness (QED) is 0.319. The van der Waals surface area contributed by atoms with Crippen molar-refractivity contribution in [1.29, 1.82) is 0 Å². The SMILES string of the molecule is C=C/C(=C\N=NC)c1ccc2nc(OC(C)C3CCN(c4nc(C(C)C)no4)CC3)sc2n1. The van der Waals surface area contributed by atoms with Gasteiger partial charge in [-0.2, -0.15) is 15.2 Å². The van der Waals surface area contributed by atoms with Crippen LogP contribution in [0.4, 0.5) is 6.01 Å². The Balaban J connectivity index is 1.38. The number of fused-ring (bicyclic) bond motifs is 1. The number of ether oxygens (including phenoxy) is 1. The van der Waals surface area contributed by atoms with Gasteiger partial charge < -0.3 is 14.2 Å². The van der Waals surface area contributed by atoms with Gasteiger partial charge in [0.15, 0.2) is 5.82 Å². The van der Waals surface area contributed by atoms with E-state index in [1.165, 1.54) is 11.3 Å². The largest absolute Gasteiger partial charge is 0.467 e. The Labute approximate surface area is 197 Å². The molecular formula is C23H29N7O2S. The summed E-state index contributed by atoms with van der Waals surface area (Å²) in [5.74, 6) is 1.44. The van der Waals surface area contributed by atoms with E-state index in [1.807, 2.05) is 12.1 Å². The Kier molecular flexibility index (Phi) is 7.12. The van der Waals surface area contributed by atoms with E-state index in [4.69, 9.17) is 14.2 Å². The molecule has 174 valence electrons. The third-order valence-electron chi connectivity index (χ3n) is 5.77. The number of nitrogens with zero attached hydrogens (tertiary/aromatic N) is 7. The average molecular weight is 468 g/mol. The lowest BCUT2D eigenvalue weighted by molar-refractivity contribution is 0.131. The van der Waals surface area contributed by atoms with Crippen LogP contribution in [0.5, 0.6) is 5.19 Å². The molecule has 0 spiro atoms. The van der Waals surface area contributed by atoms with E-state index in [0.717, 1.165) is 53.4 Å². The van der Waals surface area contributed by atoms with Crippen molar-refractivity contribution in [2.24, 2.45) is 16.1 Å². The fraction of sp³-hybridized carbons (Fsp3) is 0.478. The summed E-state index contributed by atoms with van der Waals surface area (Å²) in [5.41, 5.74) is 2.40. The number of aromatic nitrogens is 4. The van der Waals surface area contributed by atoms with Gasteiger partial charge in [-0.05, 0) is 37.8 Å². The maximum absolute atomic E-state index is 6.24. The second-order valence-corrected chi connectivity index (χ2v) is 9.28. The van der Waals surface area contributed by atoms with Crippen molar-refractivity contribution in [1.82, 2.24) is 20.1 Å². The summed E-state index contributed by atoms with van der Waals surface area (Å²) in [5, 5.41) is 12.4. The smallest absolute Gasteiger partial charge is 0.324 e. The monoisotopic (exact) mass is 467 g/mol. The lowest BCUT2D eigenvalue weighted by atomic mass is 9.92. The molecular weight excluding hydrogens is 438 g/mol. The molecule has 1 aliphatic rings. The van der Waals surface area contributed by atoms with Crippen LogP contribution in [0.15, 0.2) is 45.7 Å². The van der Waals surface area contributed by atoms with Crippen molar-refractivity contribution >= 4 is 33.3 Å². The number of hydrogen-bond acceptors (Lipinski definition) is 10. The molecule has 33 heavy (non-hydrogen) atoms. The second kappa shape index (κ2) is 10.2. The highest BCUT2D eigenvalue weighted by molar-refractivity contribution is 7.19. The highest BCUT2D eigenvalue weighted by Gasteiger charge is 2.28. The summed E-state index contributed by atoms with van der Waals surface area (Å²) in [6.07, 6.45) is 5.40. The number of piperidine rings is 1. The van der Waals surface area contributed by atoms with Gasteiger partial charge in [-0.25, -0.2) is 9.97 Å².